The zero-order chi connectivity index (χ0) is 14.1. The highest BCUT2D eigenvalue weighted by atomic mass is 16.2. The van der Waals surface area contributed by atoms with Gasteiger partial charge in [-0.15, -0.1) is 0 Å². The van der Waals surface area contributed by atoms with E-state index in [1.165, 1.54) is 6.20 Å². The Labute approximate surface area is 115 Å². The first-order valence-corrected chi connectivity index (χ1v) is 6.66. The molecule has 0 saturated carbocycles. The van der Waals surface area contributed by atoms with Crippen molar-refractivity contribution in [1.82, 2.24) is 20.2 Å². The fourth-order valence-corrected chi connectivity index (χ4v) is 2.40. The van der Waals surface area contributed by atoms with Crippen LogP contribution in [0.2, 0.25) is 0 Å². The van der Waals surface area contributed by atoms with Crippen molar-refractivity contribution in [2.75, 3.05) is 26.2 Å². The van der Waals surface area contributed by atoms with Crippen molar-refractivity contribution >= 4 is 16.9 Å². The van der Waals surface area contributed by atoms with Crippen LogP contribution in [0.5, 0.6) is 0 Å². The molecule has 20 heavy (non-hydrogen) atoms. The molecule has 0 atom stereocenters. The molecule has 0 aliphatic carbocycles. The van der Waals surface area contributed by atoms with E-state index in [-0.39, 0.29) is 16.9 Å². The number of hydrogen-bond acceptors (Lipinski definition) is 4. The molecule has 6 nitrogen and oxygen atoms in total. The second kappa shape index (κ2) is 5.05. The highest BCUT2D eigenvalue weighted by Crippen LogP contribution is 2.08. The van der Waals surface area contributed by atoms with E-state index < -0.39 is 0 Å². The average Bonchev–Trinajstić information content (AvgIpc) is 2.48. The maximum absolute atomic E-state index is 12.4. The second-order valence-electron chi connectivity index (χ2n) is 4.92. The zero-order valence-electron chi connectivity index (χ0n) is 11.3. The maximum Gasteiger partial charge on any atom is 0.259 e. The fraction of sp³-hybridized carbons (Fsp3) is 0.357. The number of aryl methyl sites for hydroxylation is 1. The Morgan fingerprint density at radius 2 is 2.05 bits per heavy atom. The lowest BCUT2D eigenvalue weighted by atomic mass is 10.1. The molecular formula is C14H16N4O2. The molecule has 0 aromatic carbocycles. The number of aromatic amines is 1. The first-order valence-electron chi connectivity index (χ1n) is 6.66. The van der Waals surface area contributed by atoms with Gasteiger partial charge in [-0.25, -0.2) is 4.98 Å². The predicted molar refractivity (Wildman–Crippen MR) is 75.9 cm³/mol. The molecule has 2 aromatic heterocycles. The topological polar surface area (TPSA) is 78.1 Å². The summed E-state index contributed by atoms with van der Waals surface area (Å²) in [7, 11) is 0. The second-order valence-corrected chi connectivity index (χ2v) is 4.92. The highest BCUT2D eigenvalue weighted by molar-refractivity contribution is 5.96. The van der Waals surface area contributed by atoms with Crippen molar-refractivity contribution < 1.29 is 4.79 Å². The third-order valence-electron chi connectivity index (χ3n) is 3.51. The van der Waals surface area contributed by atoms with Gasteiger partial charge in [-0.05, 0) is 19.1 Å². The average molecular weight is 272 g/mol. The molecule has 2 aromatic rings. The Bertz CT molecular complexity index is 717. The number of piperazine rings is 1. The number of fused-ring (bicyclic) bond motifs is 1. The Morgan fingerprint density at radius 1 is 1.30 bits per heavy atom. The summed E-state index contributed by atoms with van der Waals surface area (Å²) in [6.45, 7) is 4.64. The van der Waals surface area contributed by atoms with Gasteiger partial charge >= 0.3 is 0 Å². The standard InChI is InChI=1S/C14H16N4O2/c1-9-2-3-10-12(19)11(8-16-13(10)17-9)14(20)18-6-4-15-5-7-18/h2-3,8,15H,4-7H2,1H3,(H,16,17,19). The summed E-state index contributed by atoms with van der Waals surface area (Å²) in [5, 5.41) is 3.64. The third kappa shape index (κ3) is 2.18. The summed E-state index contributed by atoms with van der Waals surface area (Å²) in [4.78, 5) is 33.7. The summed E-state index contributed by atoms with van der Waals surface area (Å²) in [5.74, 6) is -0.213. The Kier molecular flexibility index (Phi) is 3.23. The fourth-order valence-electron chi connectivity index (χ4n) is 2.40. The van der Waals surface area contributed by atoms with Gasteiger partial charge in [0.1, 0.15) is 11.2 Å². The molecule has 2 N–H and O–H groups in total. The molecule has 3 rings (SSSR count). The number of pyridine rings is 2. The van der Waals surface area contributed by atoms with Crippen molar-refractivity contribution in [3.63, 3.8) is 0 Å². The quantitative estimate of drug-likeness (QED) is 0.781. The van der Waals surface area contributed by atoms with Crippen LogP contribution in [0.3, 0.4) is 0 Å². The molecular weight excluding hydrogens is 256 g/mol. The van der Waals surface area contributed by atoms with Crippen LogP contribution in [-0.2, 0) is 0 Å². The van der Waals surface area contributed by atoms with Gasteiger partial charge in [-0.2, -0.15) is 0 Å². The van der Waals surface area contributed by atoms with Crippen LogP contribution < -0.4 is 10.7 Å². The summed E-state index contributed by atoms with van der Waals surface area (Å²) in [5.41, 5.74) is 1.28. The molecule has 1 aliphatic rings. The van der Waals surface area contributed by atoms with Crippen LogP contribution in [0.15, 0.2) is 23.1 Å². The van der Waals surface area contributed by atoms with E-state index in [1.54, 1.807) is 17.0 Å². The molecule has 0 radical (unpaired) electrons. The molecule has 104 valence electrons. The number of H-pyrrole nitrogens is 1. The number of carbonyl (C=O) groups excluding carboxylic acids is 1. The van der Waals surface area contributed by atoms with Crippen molar-refractivity contribution in [3.05, 3.63) is 39.8 Å². The van der Waals surface area contributed by atoms with Gasteiger partial charge in [-0.3, -0.25) is 9.59 Å². The molecule has 0 spiro atoms. The van der Waals surface area contributed by atoms with E-state index >= 15 is 0 Å². The SMILES string of the molecule is Cc1ccc2c(=O)c(C(=O)N3CCNCC3)c[nH]c2n1. The van der Waals surface area contributed by atoms with Crippen LogP contribution in [0.1, 0.15) is 16.1 Å². The minimum absolute atomic E-state index is 0.185. The number of hydrogen-bond donors (Lipinski definition) is 2. The number of nitrogens with zero attached hydrogens (tertiary/aromatic N) is 2. The van der Waals surface area contributed by atoms with Crippen molar-refractivity contribution in [2.24, 2.45) is 0 Å². The van der Waals surface area contributed by atoms with E-state index in [2.05, 4.69) is 15.3 Å². The van der Waals surface area contributed by atoms with Crippen molar-refractivity contribution in [2.45, 2.75) is 6.92 Å². The zero-order valence-corrected chi connectivity index (χ0v) is 11.3. The lowest BCUT2D eigenvalue weighted by molar-refractivity contribution is 0.0734. The largest absolute Gasteiger partial charge is 0.345 e. The summed E-state index contributed by atoms with van der Waals surface area (Å²) in [6, 6.07) is 3.49. The Hall–Kier alpha value is -2.21. The highest BCUT2D eigenvalue weighted by Gasteiger charge is 2.21. The molecule has 1 amide bonds. The predicted octanol–water partition coefficient (Wildman–Crippen LogP) is 0.277. The monoisotopic (exact) mass is 272 g/mol. The van der Waals surface area contributed by atoms with E-state index in [4.69, 9.17) is 0 Å². The summed E-state index contributed by atoms with van der Waals surface area (Å²) < 4.78 is 0. The Balaban J connectivity index is 2.03. The number of aromatic nitrogens is 2. The summed E-state index contributed by atoms with van der Waals surface area (Å²) >= 11 is 0. The van der Waals surface area contributed by atoms with E-state index in [0.29, 0.717) is 24.1 Å². The normalized spacial score (nSPS) is 15.6. The van der Waals surface area contributed by atoms with Gasteiger partial charge in [0.05, 0.1) is 5.39 Å². The van der Waals surface area contributed by atoms with Crippen LogP contribution in [0, 0.1) is 6.92 Å². The molecule has 3 heterocycles. The molecule has 1 fully saturated rings. The number of carbonyl (C=O) groups is 1. The Morgan fingerprint density at radius 3 is 2.80 bits per heavy atom. The summed E-state index contributed by atoms with van der Waals surface area (Å²) in [6.07, 6.45) is 1.47. The van der Waals surface area contributed by atoms with Crippen LogP contribution >= 0.6 is 0 Å². The minimum atomic E-state index is -0.255. The van der Waals surface area contributed by atoms with Gasteiger partial charge < -0.3 is 15.2 Å². The smallest absolute Gasteiger partial charge is 0.259 e. The molecule has 1 aliphatic heterocycles. The molecule has 0 bridgehead atoms. The number of amides is 1. The van der Waals surface area contributed by atoms with Gasteiger partial charge in [0.25, 0.3) is 5.91 Å². The number of nitrogens with one attached hydrogen (secondary N) is 2. The van der Waals surface area contributed by atoms with Crippen molar-refractivity contribution in [3.8, 4) is 0 Å². The van der Waals surface area contributed by atoms with E-state index in [1.807, 2.05) is 6.92 Å². The van der Waals surface area contributed by atoms with Crippen LogP contribution in [-0.4, -0.2) is 47.0 Å². The van der Waals surface area contributed by atoms with Gasteiger partial charge in [0.2, 0.25) is 5.43 Å². The molecule has 6 heteroatoms. The van der Waals surface area contributed by atoms with Gasteiger partial charge in [-0.1, -0.05) is 0 Å². The molecule has 1 saturated heterocycles. The third-order valence-corrected chi connectivity index (χ3v) is 3.51. The number of rotatable bonds is 1. The van der Waals surface area contributed by atoms with Gasteiger partial charge in [0.15, 0.2) is 0 Å². The lowest BCUT2D eigenvalue weighted by Gasteiger charge is -2.27. The first-order chi connectivity index (χ1) is 9.66. The molecule has 0 unspecified atom stereocenters. The van der Waals surface area contributed by atoms with Crippen LogP contribution in [0.25, 0.3) is 11.0 Å². The van der Waals surface area contributed by atoms with Gasteiger partial charge in [0, 0.05) is 38.1 Å². The lowest BCUT2D eigenvalue weighted by Crippen LogP contribution is -2.47. The van der Waals surface area contributed by atoms with Crippen LogP contribution in [0.4, 0.5) is 0 Å². The van der Waals surface area contributed by atoms with E-state index in [9.17, 15) is 9.59 Å². The minimum Gasteiger partial charge on any atom is -0.345 e. The first kappa shape index (κ1) is 12.8. The maximum atomic E-state index is 12.4. The van der Waals surface area contributed by atoms with Crippen molar-refractivity contribution in [1.29, 1.82) is 0 Å². The van der Waals surface area contributed by atoms with E-state index in [0.717, 1.165) is 18.8 Å².